The highest BCUT2D eigenvalue weighted by molar-refractivity contribution is 7.21. The summed E-state index contributed by atoms with van der Waals surface area (Å²) in [5, 5.41) is 0.841. The van der Waals surface area contributed by atoms with Gasteiger partial charge in [0.1, 0.15) is 7.85 Å². The molecule has 2 rings (SSSR count). The van der Waals surface area contributed by atoms with E-state index < -0.39 is 5.91 Å². The fourth-order valence-electron chi connectivity index (χ4n) is 1.10. The van der Waals surface area contributed by atoms with Gasteiger partial charge in [0.25, 0.3) is 5.91 Å². The molecule has 2 aromatic rings. The van der Waals surface area contributed by atoms with E-state index in [1.165, 1.54) is 11.3 Å². The maximum absolute atomic E-state index is 10.9. The van der Waals surface area contributed by atoms with Crippen molar-refractivity contribution in [3.05, 3.63) is 23.3 Å². The lowest BCUT2D eigenvalue weighted by Gasteiger charge is -1.91. The molecule has 2 N–H and O–H groups in total. The Morgan fingerprint density at radius 2 is 2.31 bits per heavy atom. The molecular weight excluding hydrogens is 183 g/mol. The second-order valence-electron chi connectivity index (χ2n) is 2.62. The third kappa shape index (κ3) is 1.31. The van der Waals surface area contributed by atoms with Gasteiger partial charge in [-0.1, -0.05) is 5.46 Å². The molecule has 1 amide bonds. The Balaban J connectivity index is 2.75. The van der Waals surface area contributed by atoms with E-state index >= 15 is 0 Å². The van der Waals surface area contributed by atoms with Gasteiger partial charge in [0.2, 0.25) is 0 Å². The van der Waals surface area contributed by atoms with Gasteiger partial charge in [-0.25, -0.2) is 0 Å². The number of rotatable bonds is 1. The van der Waals surface area contributed by atoms with E-state index in [0.717, 1.165) is 10.1 Å². The van der Waals surface area contributed by atoms with Crippen molar-refractivity contribution in [1.29, 1.82) is 0 Å². The minimum Gasteiger partial charge on any atom is -0.365 e. The Kier molecular flexibility index (Phi) is 1.81. The minimum atomic E-state index is -0.430. The molecule has 2 aromatic heterocycles. The Morgan fingerprint density at radius 1 is 1.54 bits per heavy atom. The van der Waals surface area contributed by atoms with Crippen molar-refractivity contribution in [3.63, 3.8) is 0 Å². The number of hydrogen-bond acceptors (Lipinski definition) is 3. The van der Waals surface area contributed by atoms with Crippen LogP contribution in [0.2, 0.25) is 0 Å². The van der Waals surface area contributed by atoms with E-state index in [1.807, 2.05) is 0 Å². The van der Waals surface area contributed by atoms with Crippen molar-refractivity contribution < 1.29 is 4.79 Å². The summed E-state index contributed by atoms with van der Waals surface area (Å²) in [4.78, 5) is 15.3. The third-order valence-electron chi connectivity index (χ3n) is 1.72. The summed E-state index contributed by atoms with van der Waals surface area (Å²) in [6, 6.07) is 1.69. The van der Waals surface area contributed by atoms with Crippen molar-refractivity contribution >= 4 is 40.6 Å². The SMILES string of the molecule is [B]c1cncc2sc(C(N)=O)cc12. The summed E-state index contributed by atoms with van der Waals surface area (Å²) in [5.41, 5.74) is 5.71. The van der Waals surface area contributed by atoms with Gasteiger partial charge in [-0.2, -0.15) is 0 Å². The molecule has 0 bridgehead atoms. The first-order chi connectivity index (χ1) is 6.18. The van der Waals surface area contributed by atoms with E-state index in [1.54, 1.807) is 18.5 Å². The second kappa shape index (κ2) is 2.85. The molecule has 0 spiro atoms. The minimum absolute atomic E-state index is 0.430. The van der Waals surface area contributed by atoms with Crippen LogP contribution in [0.25, 0.3) is 10.1 Å². The summed E-state index contributed by atoms with van der Waals surface area (Å²) in [7, 11) is 5.66. The maximum atomic E-state index is 10.9. The lowest BCUT2D eigenvalue weighted by molar-refractivity contribution is 0.100. The summed E-state index contributed by atoms with van der Waals surface area (Å²) in [6.07, 6.45) is 3.22. The molecule has 0 unspecified atom stereocenters. The van der Waals surface area contributed by atoms with Crippen LogP contribution in [0.5, 0.6) is 0 Å². The lowest BCUT2D eigenvalue weighted by Crippen LogP contribution is -2.08. The largest absolute Gasteiger partial charge is 0.365 e. The zero-order valence-corrected chi connectivity index (χ0v) is 7.47. The number of nitrogens with zero attached hydrogens (tertiary/aromatic N) is 1. The van der Waals surface area contributed by atoms with E-state index in [0.29, 0.717) is 10.3 Å². The van der Waals surface area contributed by atoms with Crippen molar-refractivity contribution in [2.45, 2.75) is 0 Å². The molecular formula is C8H5BN2OS. The summed E-state index contributed by atoms with van der Waals surface area (Å²) < 4.78 is 0.883. The number of hydrogen-bond donors (Lipinski definition) is 1. The van der Waals surface area contributed by atoms with E-state index in [4.69, 9.17) is 13.6 Å². The number of thiophene rings is 1. The topological polar surface area (TPSA) is 56.0 Å². The second-order valence-corrected chi connectivity index (χ2v) is 3.70. The van der Waals surface area contributed by atoms with Crippen LogP contribution in [0.4, 0.5) is 0 Å². The highest BCUT2D eigenvalue weighted by atomic mass is 32.1. The third-order valence-corrected chi connectivity index (χ3v) is 2.80. The summed E-state index contributed by atoms with van der Waals surface area (Å²) >= 11 is 1.30. The molecule has 0 fully saturated rings. The monoisotopic (exact) mass is 188 g/mol. The average Bonchev–Trinajstić information content (AvgIpc) is 2.49. The molecule has 13 heavy (non-hydrogen) atoms. The number of carbonyl (C=O) groups is 1. The number of primary amides is 1. The molecule has 5 heteroatoms. The first kappa shape index (κ1) is 8.25. The molecule has 2 radical (unpaired) electrons. The molecule has 0 atom stereocenters. The predicted octanol–water partition coefficient (Wildman–Crippen LogP) is 0.189. The van der Waals surface area contributed by atoms with Crippen molar-refractivity contribution in [1.82, 2.24) is 4.98 Å². The van der Waals surface area contributed by atoms with Crippen molar-refractivity contribution in [3.8, 4) is 0 Å². The van der Waals surface area contributed by atoms with Crippen LogP contribution in [0.3, 0.4) is 0 Å². The predicted molar refractivity (Wildman–Crippen MR) is 53.5 cm³/mol. The van der Waals surface area contributed by atoms with E-state index in [2.05, 4.69) is 4.98 Å². The van der Waals surface area contributed by atoms with E-state index in [9.17, 15) is 4.79 Å². The average molecular weight is 188 g/mol. The fourth-order valence-corrected chi connectivity index (χ4v) is 2.02. The van der Waals surface area contributed by atoms with Crippen LogP contribution < -0.4 is 11.2 Å². The fraction of sp³-hybridized carbons (Fsp3) is 0. The van der Waals surface area contributed by atoms with Gasteiger partial charge in [0.15, 0.2) is 0 Å². The molecule has 0 aliphatic heterocycles. The zero-order chi connectivity index (χ0) is 9.42. The quantitative estimate of drug-likeness (QED) is 0.649. The first-order valence-corrected chi connectivity index (χ1v) is 4.43. The van der Waals surface area contributed by atoms with Gasteiger partial charge >= 0.3 is 0 Å². The number of nitrogens with two attached hydrogens (primary N) is 1. The van der Waals surface area contributed by atoms with E-state index in [-0.39, 0.29) is 0 Å². The number of fused-ring (bicyclic) bond motifs is 1. The van der Waals surface area contributed by atoms with Crippen LogP contribution in [0.15, 0.2) is 18.5 Å². The molecule has 0 saturated carbocycles. The Morgan fingerprint density at radius 3 is 2.92 bits per heavy atom. The Bertz CT molecular complexity index is 480. The standard InChI is InChI=1S/C8H5BN2OS/c9-5-2-11-3-7-4(5)1-6(13-7)8(10)12/h1-3H,(H2,10,12). The summed E-state index contributed by atoms with van der Waals surface area (Å²) in [5.74, 6) is -0.430. The van der Waals surface area contributed by atoms with Gasteiger partial charge in [0, 0.05) is 12.4 Å². The molecule has 0 saturated heterocycles. The Hall–Kier alpha value is -1.36. The van der Waals surface area contributed by atoms with Gasteiger partial charge < -0.3 is 5.73 Å². The molecule has 0 aliphatic carbocycles. The Labute approximate surface area is 80.0 Å². The first-order valence-electron chi connectivity index (χ1n) is 3.61. The molecule has 62 valence electrons. The number of amides is 1. The molecule has 0 aliphatic rings. The summed E-state index contributed by atoms with van der Waals surface area (Å²) in [6.45, 7) is 0. The number of carbonyl (C=O) groups excluding carboxylic acids is 1. The highest BCUT2D eigenvalue weighted by Crippen LogP contribution is 2.22. The van der Waals surface area contributed by atoms with Gasteiger partial charge in [-0.3, -0.25) is 9.78 Å². The molecule has 3 nitrogen and oxygen atoms in total. The van der Waals surface area contributed by atoms with Gasteiger partial charge in [-0.15, -0.1) is 11.3 Å². The molecule has 0 aromatic carbocycles. The number of aromatic nitrogens is 1. The maximum Gasteiger partial charge on any atom is 0.258 e. The lowest BCUT2D eigenvalue weighted by atomic mass is 9.95. The van der Waals surface area contributed by atoms with Gasteiger partial charge in [0.05, 0.1) is 9.58 Å². The van der Waals surface area contributed by atoms with Crippen LogP contribution in [-0.4, -0.2) is 18.7 Å². The highest BCUT2D eigenvalue weighted by Gasteiger charge is 2.07. The number of pyridine rings is 1. The molecule has 2 heterocycles. The normalized spacial score (nSPS) is 10.5. The van der Waals surface area contributed by atoms with Crippen molar-refractivity contribution in [2.75, 3.05) is 0 Å². The zero-order valence-electron chi connectivity index (χ0n) is 6.65. The smallest absolute Gasteiger partial charge is 0.258 e. The van der Waals surface area contributed by atoms with Crippen LogP contribution in [-0.2, 0) is 0 Å². The van der Waals surface area contributed by atoms with Crippen LogP contribution in [0.1, 0.15) is 9.67 Å². The van der Waals surface area contributed by atoms with Crippen LogP contribution in [0, 0.1) is 0 Å². The van der Waals surface area contributed by atoms with Crippen LogP contribution >= 0.6 is 11.3 Å². The van der Waals surface area contributed by atoms with Crippen molar-refractivity contribution in [2.24, 2.45) is 5.73 Å². The van der Waals surface area contributed by atoms with Gasteiger partial charge in [-0.05, 0) is 11.5 Å².